The number of rotatable bonds is 6. The summed E-state index contributed by atoms with van der Waals surface area (Å²) in [6.07, 6.45) is -3.88. The van der Waals surface area contributed by atoms with E-state index in [-0.39, 0.29) is 6.04 Å². The van der Waals surface area contributed by atoms with Gasteiger partial charge in [-0.2, -0.15) is 13.2 Å². The highest BCUT2D eigenvalue weighted by Gasteiger charge is 2.27. The van der Waals surface area contributed by atoms with Gasteiger partial charge in [0, 0.05) is 6.04 Å². The lowest BCUT2D eigenvalue weighted by molar-refractivity contribution is -0.139. The van der Waals surface area contributed by atoms with E-state index in [1.807, 2.05) is 19.1 Å². The minimum absolute atomic E-state index is 0.0896. The summed E-state index contributed by atoms with van der Waals surface area (Å²) in [5.41, 5.74) is 7.37. The average Bonchev–Trinajstić information content (AvgIpc) is 2.34. The number of para-hydroxylation sites is 1. The van der Waals surface area contributed by atoms with Gasteiger partial charge in [0.1, 0.15) is 12.3 Å². The second kappa shape index (κ2) is 7.31. The summed E-state index contributed by atoms with van der Waals surface area (Å²) >= 11 is 0. The Morgan fingerprint density at radius 2 is 2.10 bits per heavy atom. The maximum Gasteiger partial charge on any atom is 0.405 e. The molecule has 0 saturated heterocycles. The highest BCUT2D eigenvalue weighted by atomic mass is 19.4. The van der Waals surface area contributed by atoms with Gasteiger partial charge in [-0.05, 0) is 31.4 Å². The van der Waals surface area contributed by atoms with E-state index in [2.05, 4.69) is 0 Å². The number of nitrogens with two attached hydrogens (primary N) is 1. The molecule has 0 saturated carbocycles. The van der Waals surface area contributed by atoms with Gasteiger partial charge in [-0.15, -0.1) is 0 Å². The first kappa shape index (κ1) is 17.3. The smallest absolute Gasteiger partial charge is 0.405 e. The molecule has 0 aliphatic carbocycles. The van der Waals surface area contributed by atoms with Crippen LogP contribution in [0.15, 0.2) is 18.2 Å². The van der Waals surface area contributed by atoms with E-state index >= 15 is 0 Å². The molecule has 21 heavy (non-hydrogen) atoms. The number of hydrogen-bond acceptors (Lipinski definition) is 3. The predicted molar refractivity (Wildman–Crippen MR) is 73.1 cm³/mol. The molecular formula is C14H19F3N2O2. The Morgan fingerprint density at radius 3 is 2.67 bits per heavy atom. The zero-order valence-corrected chi connectivity index (χ0v) is 12.0. The van der Waals surface area contributed by atoms with E-state index < -0.39 is 25.2 Å². The van der Waals surface area contributed by atoms with E-state index in [0.717, 1.165) is 11.1 Å². The minimum atomic E-state index is -4.43. The maximum absolute atomic E-state index is 12.0. The predicted octanol–water partition coefficient (Wildman–Crippen LogP) is 1.94. The number of ether oxygens (including phenoxy) is 1. The first-order valence-corrected chi connectivity index (χ1v) is 6.49. The molecule has 7 heteroatoms. The number of benzene rings is 1. The molecule has 1 aromatic carbocycles. The lowest BCUT2D eigenvalue weighted by atomic mass is 10.0. The third kappa shape index (κ3) is 6.48. The molecule has 0 fully saturated rings. The van der Waals surface area contributed by atoms with Gasteiger partial charge in [-0.1, -0.05) is 18.2 Å². The summed E-state index contributed by atoms with van der Waals surface area (Å²) in [4.78, 5) is 11.3. The van der Waals surface area contributed by atoms with Crippen LogP contribution in [0.3, 0.4) is 0 Å². The van der Waals surface area contributed by atoms with Gasteiger partial charge in [0.2, 0.25) is 0 Å². The highest BCUT2D eigenvalue weighted by Crippen LogP contribution is 2.24. The second-order valence-electron chi connectivity index (χ2n) is 4.93. The molecule has 3 N–H and O–H groups in total. The first-order valence-electron chi connectivity index (χ1n) is 6.49. The van der Waals surface area contributed by atoms with Crippen LogP contribution in [-0.4, -0.2) is 31.3 Å². The fourth-order valence-electron chi connectivity index (χ4n) is 1.81. The lowest BCUT2D eigenvalue weighted by Gasteiger charge is -2.15. The monoisotopic (exact) mass is 304 g/mol. The van der Waals surface area contributed by atoms with Gasteiger partial charge in [-0.3, -0.25) is 4.79 Å². The van der Waals surface area contributed by atoms with Crippen molar-refractivity contribution in [3.63, 3.8) is 0 Å². The number of carbonyl (C=O) groups is 1. The molecule has 0 aromatic heterocycles. The van der Waals surface area contributed by atoms with E-state index in [1.165, 1.54) is 0 Å². The number of aryl methyl sites for hydroxylation is 1. The Balaban J connectivity index is 2.64. The summed E-state index contributed by atoms with van der Waals surface area (Å²) in [5.74, 6) is -0.320. The van der Waals surface area contributed by atoms with Crippen LogP contribution < -0.4 is 15.8 Å². The normalized spacial score (nSPS) is 12.9. The summed E-state index contributed by atoms with van der Waals surface area (Å²) in [6.45, 7) is 1.80. The van der Waals surface area contributed by atoms with Crippen LogP contribution in [0.2, 0.25) is 0 Å². The molecule has 4 nitrogen and oxygen atoms in total. The topological polar surface area (TPSA) is 64.3 Å². The lowest BCUT2D eigenvalue weighted by Crippen LogP contribution is -2.36. The average molecular weight is 304 g/mol. The Hall–Kier alpha value is -1.76. The quantitative estimate of drug-likeness (QED) is 0.844. The molecule has 0 spiro atoms. The van der Waals surface area contributed by atoms with Crippen molar-refractivity contribution in [3.8, 4) is 5.75 Å². The zero-order valence-electron chi connectivity index (χ0n) is 12.0. The Labute approximate surface area is 121 Å². The minimum Gasteiger partial charge on any atom is -0.483 e. The molecule has 1 aromatic rings. The molecule has 0 heterocycles. The fourth-order valence-corrected chi connectivity index (χ4v) is 1.81. The van der Waals surface area contributed by atoms with Crippen molar-refractivity contribution in [2.24, 2.45) is 5.73 Å². The standard InChI is InChI=1S/C14H19F3N2O2/c1-9-4-3-5-11(6-10(2)18)13(9)21-7-12(20)19-8-14(15,16)17/h3-5,10H,6-8,18H2,1-2H3,(H,19,20). The van der Waals surface area contributed by atoms with Crippen molar-refractivity contribution < 1.29 is 22.7 Å². The molecule has 0 aliphatic heterocycles. The van der Waals surface area contributed by atoms with Crippen LogP contribution in [0.25, 0.3) is 0 Å². The second-order valence-corrected chi connectivity index (χ2v) is 4.93. The van der Waals surface area contributed by atoms with Gasteiger partial charge >= 0.3 is 6.18 Å². The van der Waals surface area contributed by atoms with Crippen LogP contribution in [0.1, 0.15) is 18.1 Å². The third-order valence-corrected chi connectivity index (χ3v) is 2.67. The number of amides is 1. The summed E-state index contributed by atoms with van der Waals surface area (Å²) in [5, 5.41) is 1.76. The van der Waals surface area contributed by atoms with Gasteiger partial charge in [0.05, 0.1) is 0 Å². The molecule has 1 unspecified atom stereocenters. The van der Waals surface area contributed by atoms with Crippen molar-refractivity contribution in [1.29, 1.82) is 0 Å². The Kier molecular flexibility index (Phi) is 6.02. The van der Waals surface area contributed by atoms with E-state index in [4.69, 9.17) is 10.5 Å². The molecule has 1 rings (SSSR count). The van der Waals surface area contributed by atoms with Crippen molar-refractivity contribution in [3.05, 3.63) is 29.3 Å². The van der Waals surface area contributed by atoms with Crippen molar-refractivity contribution >= 4 is 5.91 Å². The summed E-state index contributed by atoms with van der Waals surface area (Å²) in [6, 6.07) is 5.37. The molecule has 1 amide bonds. The summed E-state index contributed by atoms with van der Waals surface area (Å²) in [7, 11) is 0. The van der Waals surface area contributed by atoms with Gasteiger partial charge < -0.3 is 15.8 Å². The van der Waals surface area contributed by atoms with E-state index in [0.29, 0.717) is 12.2 Å². The summed E-state index contributed by atoms with van der Waals surface area (Å²) < 4.78 is 41.3. The largest absolute Gasteiger partial charge is 0.483 e. The number of nitrogens with one attached hydrogen (secondary N) is 1. The Bertz CT molecular complexity index is 488. The van der Waals surface area contributed by atoms with Gasteiger partial charge in [0.25, 0.3) is 5.91 Å². The van der Waals surface area contributed by atoms with Crippen molar-refractivity contribution in [2.45, 2.75) is 32.5 Å². The van der Waals surface area contributed by atoms with Crippen LogP contribution in [0, 0.1) is 6.92 Å². The maximum atomic E-state index is 12.0. The van der Waals surface area contributed by atoms with Crippen LogP contribution in [-0.2, 0) is 11.2 Å². The fraction of sp³-hybridized carbons (Fsp3) is 0.500. The van der Waals surface area contributed by atoms with Crippen LogP contribution >= 0.6 is 0 Å². The Morgan fingerprint density at radius 1 is 1.43 bits per heavy atom. The van der Waals surface area contributed by atoms with E-state index in [1.54, 1.807) is 18.3 Å². The number of carbonyl (C=O) groups excluding carboxylic acids is 1. The van der Waals surface area contributed by atoms with Crippen molar-refractivity contribution in [1.82, 2.24) is 5.32 Å². The third-order valence-electron chi connectivity index (χ3n) is 2.67. The number of halogens is 3. The van der Waals surface area contributed by atoms with Crippen molar-refractivity contribution in [2.75, 3.05) is 13.2 Å². The van der Waals surface area contributed by atoms with Gasteiger partial charge in [0.15, 0.2) is 6.61 Å². The van der Waals surface area contributed by atoms with Crippen LogP contribution in [0.4, 0.5) is 13.2 Å². The molecular weight excluding hydrogens is 285 g/mol. The molecule has 0 aliphatic rings. The first-order chi connectivity index (χ1) is 9.69. The molecule has 0 bridgehead atoms. The highest BCUT2D eigenvalue weighted by molar-refractivity contribution is 5.77. The molecule has 0 radical (unpaired) electrons. The molecule has 1 atom stereocenters. The number of alkyl halides is 3. The zero-order chi connectivity index (χ0) is 16.0. The van der Waals surface area contributed by atoms with Gasteiger partial charge in [-0.25, -0.2) is 0 Å². The SMILES string of the molecule is Cc1cccc(CC(C)N)c1OCC(=O)NCC(F)(F)F. The number of hydrogen-bond donors (Lipinski definition) is 2. The van der Waals surface area contributed by atoms with Crippen LogP contribution in [0.5, 0.6) is 5.75 Å². The molecule has 118 valence electrons. The van der Waals surface area contributed by atoms with E-state index in [9.17, 15) is 18.0 Å².